The van der Waals surface area contributed by atoms with Crippen LogP contribution in [-0.4, -0.2) is 26.8 Å². The normalized spacial score (nSPS) is 11.5. The SMILES string of the molecule is C[SiH](C)c1ccc(-c2cccc(Oc3cccc(-c4ccc([Si](C)(C)c5ccccc5)cn4)c3)c2)nc1. The van der Waals surface area contributed by atoms with Crippen LogP contribution in [0.2, 0.25) is 26.2 Å². The van der Waals surface area contributed by atoms with Crippen LogP contribution in [0.25, 0.3) is 22.5 Å². The standard InChI is InChI=1S/C32H32N2OSi2/c1-36(2)28-16-18-31(33-22-28)24-10-8-12-26(20-24)35-27-13-9-11-25(21-27)32-19-17-30(23-34-32)37(3,4)29-14-6-5-7-15-29/h5-23,36H,1-4H3. The van der Waals surface area contributed by atoms with Gasteiger partial charge in [0.15, 0.2) is 0 Å². The molecule has 0 radical (unpaired) electrons. The maximum absolute atomic E-state index is 6.26. The zero-order valence-corrected chi connectivity index (χ0v) is 24.0. The van der Waals surface area contributed by atoms with E-state index in [1.54, 1.807) is 0 Å². The van der Waals surface area contributed by atoms with E-state index in [9.17, 15) is 0 Å². The minimum Gasteiger partial charge on any atom is -0.457 e. The number of benzene rings is 3. The number of nitrogens with zero attached hydrogens (tertiary/aromatic N) is 2. The summed E-state index contributed by atoms with van der Waals surface area (Å²) in [6.07, 6.45) is 4.07. The van der Waals surface area contributed by atoms with E-state index in [1.807, 2.05) is 42.7 Å². The van der Waals surface area contributed by atoms with Gasteiger partial charge < -0.3 is 4.74 Å². The van der Waals surface area contributed by atoms with Gasteiger partial charge in [-0.1, -0.05) is 98.1 Å². The van der Waals surface area contributed by atoms with Crippen molar-refractivity contribution >= 4 is 32.4 Å². The first-order valence-electron chi connectivity index (χ1n) is 12.8. The summed E-state index contributed by atoms with van der Waals surface area (Å²) in [5.74, 6) is 1.58. The molecule has 0 atom stereocenters. The van der Waals surface area contributed by atoms with Gasteiger partial charge in [0.2, 0.25) is 0 Å². The Bertz CT molecular complexity index is 1480. The Morgan fingerprint density at radius 3 is 1.70 bits per heavy atom. The second-order valence-corrected chi connectivity index (χ2v) is 17.6. The van der Waals surface area contributed by atoms with Crippen molar-refractivity contribution in [3.05, 3.63) is 116 Å². The molecule has 0 saturated heterocycles. The molecule has 0 saturated carbocycles. The molecule has 0 unspecified atom stereocenters. The number of hydrogen-bond donors (Lipinski definition) is 0. The summed E-state index contributed by atoms with van der Waals surface area (Å²) in [6, 6.07) is 35.7. The van der Waals surface area contributed by atoms with Gasteiger partial charge in [-0.05, 0) is 46.8 Å². The van der Waals surface area contributed by atoms with Gasteiger partial charge in [0.1, 0.15) is 19.6 Å². The van der Waals surface area contributed by atoms with Crippen molar-refractivity contribution in [2.75, 3.05) is 0 Å². The molecular weight excluding hydrogens is 485 g/mol. The summed E-state index contributed by atoms with van der Waals surface area (Å²) in [6.45, 7) is 9.38. The average molecular weight is 517 g/mol. The number of aromatic nitrogens is 2. The first-order chi connectivity index (χ1) is 17.9. The summed E-state index contributed by atoms with van der Waals surface area (Å²) >= 11 is 0. The van der Waals surface area contributed by atoms with Gasteiger partial charge in [-0.25, -0.2) is 0 Å². The fourth-order valence-electron chi connectivity index (χ4n) is 4.45. The molecule has 5 aromatic rings. The van der Waals surface area contributed by atoms with Gasteiger partial charge in [-0.15, -0.1) is 0 Å². The van der Waals surface area contributed by atoms with E-state index in [0.717, 1.165) is 34.0 Å². The molecule has 0 aliphatic heterocycles. The van der Waals surface area contributed by atoms with Crippen molar-refractivity contribution in [3.63, 3.8) is 0 Å². The maximum Gasteiger partial charge on any atom is 0.128 e. The Labute approximate surface area is 222 Å². The molecule has 0 aliphatic rings. The molecule has 5 rings (SSSR count). The number of hydrogen-bond acceptors (Lipinski definition) is 3. The van der Waals surface area contributed by atoms with Crippen molar-refractivity contribution in [2.24, 2.45) is 0 Å². The Balaban J connectivity index is 1.34. The Morgan fingerprint density at radius 1 is 0.595 bits per heavy atom. The molecule has 0 amide bonds. The zero-order chi connectivity index (χ0) is 25.8. The molecule has 0 N–H and O–H groups in total. The third-order valence-electron chi connectivity index (χ3n) is 6.93. The Kier molecular flexibility index (Phi) is 7.17. The number of rotatable bonds is 7. The van der Waals surface area contributed by atoms with E-state index < -0.39 is 16.9 Å². The number of pyridine rings is 2. The van der Waals surface area contributed by atoms with Crippen molar-refractivity contribution in [1.29, 1.82) is 0 Å². The molecule has 184 valence electrons. The molecule has 5 heteroatoms. The second kappa shape index (κ2) is 10.7. The molecule has 0 bridgehead atoms. The van der Waals surface area contributed by atoms with Crippen LogP contribution in [0.1, 0.15) is 0 Å². The molecule has 2 aromatic heterocycles. The first-order valence-corrected chi connectivity index (χ1v) is 18.7. The molecule has 0 fully saturated rings. The van der Waals surface area contributed by atoms with E-state index in [2.05, 4.69) is 104 Å². The van der Waals surface area contributed by atoms with Crippen LogP contribution in [0.5, 0.6) is 11.5 Å². The predicted molar refractivity (Wildman–Crippen MR) is 161 cm³/mol. The minimum atomic E-state index is -1.77. The molecule has 2 heterocycles. The van der Waals surface area contributed by atoms with Crippen LogP contribution in [0.3, 0.4) is 0 Å². The fourth-order valence-corrected chi connectivity index (χ4v) is 7.55. The first kappa shape index (κ1) is 24.9. The van der Waals surface area contributed by atoms with Gasteiger partial charge in [-0.2, -0.15) is 0 Å². The summed E-state index contributed by atoms with van der Waals surface area (Å²) in [5.41, 5.74) is 3.99. The molecule has 3 aromatic carbocycles. The van der Waals surface area contributed by atoms with Crippen LogP contribution < -0.4 is 20.3 Å². The third-order valence-corrected chi connectivity index (χ3v) is 12.1. The highest BCUT2D eigenvalue weighted by Gasteiger charge is 2.26. The lowest BCUT2D eigenvalue weighted by Crippen LogP contribution is -2.52. The van der Waals surface area contributed by atoms with Gasteiger partial charge in [-0.3, -0.25) is 9.97 Å². The fraction of sp³-hybridized carbons (Fsp3) is 0.125. The monoisotopic (exact) mass is 516 g/mol. The molecule has 0 aliphatic carbocycles. The average Bonchev–Trinajstić information content (AvgIpc) is 2.94. The second-order valence-electron chi connectivity index (χ2n) is 10.2. The van der Waals surface area contributed by atoms with Crippen LogP contribution in [0.4, 0.5) is 0 Å². The highest BCUT2D eigenvalue weighted by molar-refractivity contribution is 7.00. The smallest absolute Gasteiger partial charge is 0.128 e. The van der Waals surface area contributed by atoms with Crippen LogP contribution >= 0.6 is 0 Å². The number of ether oxygens (including phenoxy) is 1. The minimum absolute atomic E-state index is 0.786. The molecule has 37 heavy (non-hydrogen) atoms. The van der Waals surface area contributed by atoms with Gasteiger partial charge >= 0.3 is 0 Å². The van der Waals surface area contributed by atoms with Gasteiger partial charge in [0.05, 0.1) is 20.2 Å². The van der Waals surface area contributed by atoms with E-state index in [4.69, 9.17) is 9.72 Å². The highest BCUT2D eigenvalue weighted by atomic mass is 28.3. The van der Waals surface area contributed by atoms with E-state index in [0.29, 0.717) is 0 Å². The summed E-state index contributed by atoms with van der Waals surface area (Å²) in [5, 5.41) is 4.11. The quantitative estimate of drug-likeness (QED) is 0.245. The van der Waals surface area contributed by atoms with E-state index in [-0.39, 0.29) is 0 Å². The lowest BCUT2D eigenvalue weighted by Gasteiger charge is -2.23. The van der Waals surface area contributed by atoms with Crippen molar-refractivity contribution in [1.82, 2.24) is 9.97 Å². The Hall–Kier alpha value is -3.81. The molecule has 0 spiro atoms. The molecule has 3 nitrogen and oxygen atoms in total. The lowest BCUT2D eigenvalue weighted by molar-refractivity contribution is 0.483. The van der Waals surface area contributed by atoms with E-state index >= 15 is 0 Å². The summed E-state index contributed by atoms with van der Waals surface area (Å²) in [4.78, 5) is 9.53. The molecular formula is C32H32N2OSi2. The topological polar surface area (TPSA) is 35.0 Å². The van der Waals surface area contributed by atoms with Crippen LogP contribution in [0, 0.1) is 0 Å². The van der Waals surface area contributed by atoms with Gasteiger partial charge in [0.25, 0.3) is 0 Å². The maximum atomic E-state index is 6.26. The summed E-state index contributed by atoms with van der Waals surface area (Å²) < 4.78 is 6.26. The van der Waals surface area contributed by atoms with Crippen LogP contribution in [0.15, 0.2) is 116 Å². The highest BCUT2D eigenvalue weighted by Crippen LogP contribution is 2.29. The lowest BCUT2D eigenvalue weighted by atomic mass is 10.1. The van der Waals surface area contributed by atoms with Gasteiger partial charge in [0, 0.05) is 23.5 Å². The largest absolute Gasteiger partial charge is 0.457 e. The van der Waals surface area contributed by atoms with Crippen molar-refractivity contribution in [3.8, 4) is 34.0 Å². The predicted octanol–water partition coefficient (Wildman–Crippen LogP) is 6.12. The van der Waals surface area contributed by atoms with E-state index in [1.165, 1.54) is 15.6 Å². The van der Waals surface area contributed by atoms with Crippen molar-refractivity contribution < 1.29 is 4.74 Å². The summed E-state index contributed by atoms with van der Waals surface area (Å²) in [7, 11) is -2.62. The zero-order valence-electron chi connectivity index (χ0n) is 21.8. The van der Waals surface area contributed by atoms with Crippen LogP contribution in [-0.2, 0) is 0 Å². The third kappa shape index (κ3) is 5.63. The Morgan fingerprint density at radius 2 is 1.19 bits per heavy atom. The van der Waals surface area contributed by atoms with Crippen molar-refractivity contribution in [2.45, 2.75) is 26.2 Å².